The number of carbonyl (C=O) groups excluding carboxylic acids is 1. The highest BCUT2D eigenvalue weighted by Crippen LogP contribution is 2.36. The zero-order chi connectivity index (χ0) is 22.0. The molecule has 31 heavy (non-hydrogen) atoms. The van der Waals surface area contributed by atoms with Gasteiger partial charge in [-0.05, 0) is 43.7 Å². The summed E-state index contributed by atoms with van der Waals surface area (Å²) in [6.45, 7) is 0.705. The standard InChI is InChI=1S/C20H20ClF3N6O/c21-15-13(2-1-3-14(15)20(22,23)24)19(31)28-12-6-4-11(5-7-12)10-27-18-16-17(29-30-18)26-9-8-25-16/h1-3,8-9,11-12H,4-7,10H2,(H,28,31)(H2,26,27,29,30). The van der Waals surface area contributed by atoms with Gasteiger partial charge in [-0.3, -0.25) is 9.89 Å². The van der Waals surface area contributed by atoms with Crippen LogP contribution < -0.4 is 10.6 Å². The van der Waals surface area contributed by atoms with Crippen LogP contribution in [-0.2, 0) is 6.18 Å². The molecule has 7 nitrogen and oxygen atoms in total. The number of aromatic amines is 1. The van der Waals surface area contributed by atoms with Crippen LogP contribution in [0.1, 0.15) is 41.6 Å². The Morgan fingerprint density at radius 3 is 2.65 bits per heavy atom. The predicted octanol–water partition coefficient (Wildman–Crippen LogP) is 4.43. The van der Waals surface area contributed by atoms with Crippen LogP contribution in [-0.4, -0.2) is 38.7 Å². The molecule has 1 aliphatic rings. The summed E-state index contributed by atoms with van der Waals surface area (Å²) in [4.78, 5) is 20.9. The Morgan fingerprint density at radius 2 is 1.90 bits per heavy atom. The minimum atomic E-state index is -4.61. The Kier molecular flexibility index (Phi) is 5.99. The van der Waals surface area contributed by atoms with E-state index in [1.807, 2.05) is 0 Å². The van der Waals surface area contributed by atoms with Crippen molar-refractivity contribution in [3.63, 3.8) is 0 Å². The number of alkyl halides is 3. The average Bonchev–Trinajstić information content (AvgIpc) is 3.15. The monoisotopic (exact) mass is 452 g/mol. The molecule has 0 radical (unpaired) electrons. The summed E-state index contributed by atoms with van der Waals surface area (Å²) >= 11 is 5.85. The second-order valence-corrected chi connectivity index (χ2v) is 7.94. The number of benzene rings is 1. The van der Waals surface area contributed by atoms with Crippen LogP contribution in [0.2, 0.25) is 5.02 Å². The summed E-state index contributed by atoms with van der Waals surface area (Å²) in [5.74, 6) is 0.450. The number of hydrogen-bond donors (Lipinski definition) is 3. The maximum absolute atomic E-state index is 13.0. The van der Waals surface area contributed by atoms with Gasteiger partial charge in [-0.25, -0.2) is 9.97 Å². The molecule has 1 saturated carbocycles. The molecule has 2 aromatic heterocycles. The molecule has 0 bridgehead atoms. The van der Waals surface area contributed by atoms with Crippen molar-refractivity contribution in [1.82, 2.24) is 25.5 Å². The first-order valence-electron chi connectivity index (χ1n) is 9.88. The summed E-state index contributed by atoms with van der Waals surface area (Å²) in [5, 5.41) is 12.6. The van der Waals surface area contributed by atoms with Crippen LogP contribution in [0, 0.1) is 5.92 Å². The quantitative estimate of drug-likeness (QED) is 0.532. The molecule has 1 fully saturated rings. The third-order valence-electron chi connectivity index (χ3n) is 5.49. The van der Waals surface area contributed by atoms with Crippen molar-refractivity contribution in [2.75, 3.05) is 11.9 Å². The highest BCUT2D eigenvalue weighted by Gasteiger charge is 2.35. The van der Waals surface area contributed by atoms with Gasteiger partial charge < -0.3 is 10.6 Å². The molecule has 11 heteroatoms. The molecule has 0 spiro atoms. The number of nitrogens with one attached hydrogen (secondary N) is 3. The molecule has 4 rings (SSSR count). The van der Waals surface area contributed by atoms with E-state index in [0.29, 0.717) is 29.4 Å². The first-order chi connectivity index (χ1) is 14.8. The third kappa shape index (κ3) is 4.73. The van der Waals surface area contributed by atoms with Gasteiger partial charge in [-0.1, -0.05) is 17.7 Å². The number of amides is 1. The minimum absolute atomic E-state index is 0.105. The van der Waals surface area contributed by atoms with Crippen molar-refractivity contribution in [3.8, 4) is 0 Å². The Bertz CT molecular complexity index is 1080. The van der Waals surface area contributed by atoms with E-state index in [4.69, 9.17) is 11.6 Å². The highest BCUT2D eigenvalue weighted by molar-refractivity contribution is 6.34. The maximum atomic E-state index is 13.0. The molecule has 164 valence electrons. The molecule has 3 N–H and O–H groups in total. The van der Waals surface area contributed by atoms with E-state index in [0.717, 1.165) is 31.7 Å². The number of aromatic nitrogens is 4. The zero-order valence-corrected chi connectivity index (χ0v) is 17.1. The molecule has 0 saturated heterocycles. The lowest BCUT2D eigenvalue weighted by Crippen LogP contribution is -2.38. The van der Waals surface area contributed by atoms with Crippen molar-refractivity contribution in [3.05, 3.63) is 46.7 Å². The lowest BCUT2D eigenvalue weighted by molar-refractivity contribution is -0.137. The van der Waals surface area contributed by atoms with E-state index in [1.54, 1.807) is 12.4 Å². The van der Waals surface area contributed by atoms with Gasteiger partial charge in [0.25, 0.3) is 5.91 Å². The summed E-state index contributed by atoms with van der Waals surface area (Å²) in [6, 6.07) is 3.26. The zero-order valence-electron chi connectivity index (χ0n) is 16.3. The van der Waals surface area contributed by atoms with E-state index in [1.165, 1.54) is 12.1 Å². The number of hydrogen-bond acceptors (Lipinski definition) is 5. The van der Waals surface area contributed by atoms with Gasteiger partial charge in [0.05, 0.1) is 16.1 Å². The van der Waals surface area contributed by atoms with Crippen molar-refractivity contribution < 1.29 is 18.0 Å². The van der Waals surface area contributed by atoms with Gasteiger partial charge in [0.15, 0.2) is 17.0 Å². The SMILES string of the molecule is O=C(NC1CCC(CNc2n[nH]c3nccnc23)CC1)c1cccc(C(F)(F)F)c1Cl. The number of fused-ring (bicyclic) bond motifs is 1. The van der Waals surface area contributed by atoms with Crippen LogP contribution in [0.25, 0.3) is 11.2 Å². The molecule has 1 amide bonds. The molecular formula is C20H20ClF3N6O. The fourth-order valence-corrected chi connectivity index (χ4v) is 4.14. The number of nitrogens with zero attached hydrogens (tertiary/aromatic N) is 3. The van der Waals surface area contributed by atoms with E-state index in [-0.39, 0.29) is 11.6 Å². The second kappa shape index (κ2) is 8.70. The predicted molar refractivity (Wildman–Crippen MR) is 110 cm³/mol. The van der Waals surface area contributed by atoms with E-state index >= 15 is 0 Å². The first kappa shape index (κ1) is 21.4. The summed E-state index contributed by atoms with van der Waals surface area (Å²) in [6.07, 6.45) is 1.78. The maximum Gasteiger partial charge on any atom is 0.417 e. The normalized spacial score (nSPS) is 19.4. The fourth-order valence-electron chi connectivity index (χ4n) is 3.82. The molecule has 3 aromatic rings. The van der Waals surface area contributed by atoms with Gasteiger partial charge in [0.1, 0.15) is 0 Å². The van der Waals surface area contributed by atoms with Crippen molar-refractivity contribution in [2.24, 2.45) is 5.92 Å². The third-order valence-corrected chi connectivity index (χ3v) is 5.89. The van der Waals surface area contributed by atoms with E-state index in [2.05, 4.69) is 30.8 Å². The Labute approximate surface area is 180 Å². The Balaban J connectivity index is 1.30. The van der Waals surface area contributed by atoms with Crippen molar-refractivity contribution in [1.29, 1.82) is 0 Å². The number of H-pyrrole nitrogens is 1. The number of anilines is 1. The molecule has 0 unspecified atom stereocenters. The lowest BCUT2D eigenvalue weighted by Gasteiger charge is -2.29. The van der Waals surface area contributed by atoms with Crippen molar-refractivity contribution in [2.45, 2.75) is 37.9 Å². The van der Waals surface area contributed by atoms with Crippen LogP contribution in [0.5, 0.6) is 0 Å². The van der Waals surface area contributed by atoms with E-state index < -0.39 is 22.7 Å². The van der Waals surface area contributed by atoms with Gasteiger partial charge in [-0.15, -0.1) is 0 Å². The van der Waals surface area contributed by atoms with E-state index in [9.17, 15) is 18.0 Å². The summed E-state index contributed by atoms with van der Waals surface area (Å²) in [7, 11) is 0. The summed E-state index contributed by atoms with van der Waals surface area (Å²) < 4.78 is 39.1. The van der Waals surface area contributed by atoms with Crippen LogP contribution in [0.3, 0.4) is 0 Å². The molecule has 0 aliphatic heterocycles. The second-order valence-electron chi connectivity index (χ2n) is 7.56. The molecule has 1 aromatic carbocycles. The van der Waals surface area contributed by atoms with Gasteiger partial charge >= 0.3 is 6.18 Å². The first-order valence-corrected chi connectivity index (χ1v) is 10.3. The number of rotatable bonds is 5. The van der Waals surface area contributed by atoms with Crippen LogP contribution in [0.15, 0.2) is 30.6 Å². The molecular weight excluding hydrogens is 433 g/mol. The lowest BCUT2D eigenvalue weighted by atomic mass is 9.86. The molecule has 2 heterocycles. The van der Waals surface area contributed by atoms with Crippen LogP contribution >= 0.6 is 11.6 Å². The molecule has 0 atom stereocenters. The van der Waals surface area contributed by atoms with Gasteiger partial charge in [-0.2, -0.15) is 18.3 Å². The average molecular weight is 453 g/mol. The summed E-state index contributed by atoms with van der Waals surface area (Å²) in [5.41, 5.74) is 0.130. The van der Waals surface area contributed by atoms with Crippen LogP contribution in [0.4, 0.5) is 19.0 Å². The minimum Gasteiger partial charge on any atom is -0.366 e. The van der Waals surface area contributed by atoms with Gasteiger partial charge in [0, 0.05) is 25.0 Å². The Hall–Kier alpha value is -2.88. The fraction of sp³-hybridized carbons (Fsp3) is 0.400. The number of halogens is 4. The topological polar surface area (TPSA) is 95.6 Å². The smallest absolute Gasteiger partial charge is 0.366 e. The van der Waals surface area contributed by atoms with Crippen molar-refractivity contribution >= 4 is 34.5 Å². The van der Waals surface area contributed by atoms with Gasteiger partial charge in [0.2, 0.25) is 0 Å². The largest absolute Gasteiger partial charge is 0.417 e. The number of carbonyl (C=O) groups is 1. The molecule has 1 aliphatic carbocycles. The highest BCUT2D eigenvalue weighted by atomic mass is 35.5. The Morgan fingerprint density at radius 1 is 1.16 bits per heavy atom.